The van der Waals surface area contributed by atoms with Crippen molar-refractivity contribution in [3.63, 3.8) is 0 Å². The Kier molecular flexibility index (Phi) is 14.7. The van der Waals surface area contributed by atoms with Crippen LogP contribution in [0.15, 0.2) is 54.4 Å². The number of benzene rings is 2. The summed E-state index contributed by atoms with van der Waals surface area (Å²) in [6, 6.07) is 17.0. The summed E-state index contributed by atoms with van der Waals surface area (Å²) in [7, 11) is 0. The average Bonchev–Trinajstić information content (AvgIpc) is 3.01. The van der Waals surface area contributed by atoms with E-state index < -0.39 is 0 Å². The van der Waals surface area contributed by atoms with Crippen LogP contribution in [0.4, 0.5) is 0 Å². The number of hydrogen-bond donors (Lipinski definition) is 1. The predicted molar refractivity (Wildman–Crippen MR) is 191 cm³/mol. The SMILES string of the molecule is C.CC1CCC(C(=O)C=C(O)C2CCC(C)CC2)CC1.Cc1[c-]c(-c2nccc3ccc(C4CCC(C)CC4)cc23)cc(C)c1.[Ir]. The normalized spacial score (nSPS) is 26.6. The van der Waals surface area contributed by atoms with Crippen molar-refractivity contribution in [2.45, 2.75) is 125 Å². The number of aromatic nitrogens is 1. The third-order valence-electron chi connectivity index (χ3n) is 10.8. The number of rotatable bonds is 5. The molecule has 1 aromatic heterocycles. The molecule has 4 heteroatoms. The summed E-state index contributed by atoms with van der Waals surface area (Å²) in [6.45, 7) is 11.2. The number of aliphatic hydroxyl groups is 1. The predicted octanol–water partition coefficient (Wildman–Crippen LogP) is 11.9. The van der Waals surface area contributed by atoms with Crippen molar-refractivity contribution in [2.75, 3.05) is 0 Å². The molecule has 0 unspecified atom stereocenters. The van der Waals surface area contributed by atoms with Gasteiger partial charge in [-0.2, -0.15) is 0 Å². The van der Waals surface area contributed by atoms with Gasteiger partial charge in [-0.1, -0.05) is 98.8 Å². The molecule has 253 valence electrons. The number of pyridine rings is 1. The maximum atomic E-state index is 12.2. The third-order valence-corrected chi connectivity index (χ3v) is 10.8. The molecule has 0 spiro atoms. The van der Waals surface area contributed by atoms with Gasteiger partial charge in [0, 0.05) is 44.2 Å². The summed E-state index contributed by atoms with van der Waals surface area (Å²) >= 11 is 0. The average molecular weight is 801 g/mol. The van der Waals surface area contributed by atoms with Crippen LogP contribution >= 0.6 is 0 Å². The number of fused-ring (bicyclic) bond motifs is 1. The number of nitrogens with zero attached hydrogens (tertiary/aromatic N) is 1. The summed E-state index contributed by atoms with van der Waals surface area (Å²) in [5.41, 5.74) is 6.10. The summed E-state index contributed by atoms with van der Waals surface area (Å²) < 4.78 is 0. The molecule has 1 radical (unpaired) electrons. The minimum absolute atomic E-state index is 0. The smallest absolute Gasteiger partial charge is 0.162 e. The van der Waals surface area contributed by atoms with Crippen molar-refractivity contribution in [1.29, 1.82) is 0 Å². The second kappa shape index (κ2) is 17.7. The number of aryl methyl sites for hydroxylation is 2. The van der Waals surface area contributed by atoms with Gasteiger partial charge in [-0.15, -0.1) is 34.9 Å². The van der Waals surface area contributed by atoms with Crippen LogP contribution in [0.3, 0.4) is 0 Å². The summed E-state index contributed by atoms with van der Waals surface area (Å²) in [6.07, 6.45) is 17.6. The van der Waals surface area contributed by atoms with E-state index in [1.165, 1.54) is 66.0 Å². The number of carbonyl (C=O) groups excluding carboxylic acids is 1. The van der Waals surface area contributed by atoms with Gasteiger partial charge in [-0.05, 0) is 90.3 Å². The minimum Gasteiger partial charge on any atom is -0.512 e. The molecule has 3 saturated carbocycles. The molecule has 6 rings (SSSR count). The van der Waals surface area contributed by atoms with E-state index in [1.54, 1.807) is 6.08 Å². The van der Waals surface area contributed by atoms with Crippen molar-refractivity contribution >= 4 is 16.6 Å². The molecule has 46 heavy (non-hydrogen) atoms. The number of carbonyl (C=O) groups is 1. The van der Waals surface area contributed by atoms with Gasteiger partial charge >= 0.3 is 0 Å². The molecule has 0 bridgehead atoms. The molecule has 0 saturated heterocycles. The first-order chi connectivity index (χ1) is 21.2. The quantitative estimate of drug-likeness (QED) is 0.159. The molecule has 1 heterocycles. The van der Waals surface area contributed by atoms with Gasteiger partial charge in [-0.3, -0.25) is 4.79 Å². The number of aliphatic hydroxyl groups excluding tert-OH is 1. The molecule has 2 aromatic carbocycles. The molecular weight excluding hydrogens is 743 g/mol. The van der Waals surface area contributed by atoms with Gasteiger partial charge in [0.25, 0.3) is 0 Å². The zero-order chi connectivity index (χ0) is 31.2. The van der Waals surface area contributed by atoms with Crippen molar-refractivity contribution in [2.24, 2.45) is 29.6 Å². The Morgan fingerprint density at radius 3 is 1.93 bits per heavy atom. The van der Waals surface area contributed by atoms with Crippen LogP contribution < -0.4 is 0 Å². The van der Waals surface area contributed by atoms with Gasteiger partial charge in [0.05, 0.1) is 5.76 Å². The zero-order valence-electron chi connectivity index (χ0n) is 28.2. The van der Waals surface area contributed by atoms with E-state index in [0.717, 1.165) is 67.5 Å². The molecule has 3 aromatic rings. The van der Waals surface area contributed by atoms with Gasteiger partial charge in [0.15, 0.2) is 5.78 Å². The maximum absolute atomic E-state index is 12.2. The Bertz CT molecular complexity index is 1420. The van der Waals surface area contributed by atoms with Crippen LogP contribution in [0.2, 0.25) is 0 Å². The van der Waals surface area contributed by atoms with Crippen LogP contribution in [0.1, 0.15) is 128 Å². The van der Waals surface area contributed by atoms with E-state index in [1.807, 2.05) is 6.20 Å². The summed E-state index contributed by atoms with van der Waals surface area (Å²) in [5.74, 6) is 4.07. The standard InChI is InChI=1S/C24H26N.C17H28O2.CH4.Ir/c1-16-4-6-19(7-5-16)21-9-8-20-10-11-25-24(23(20)15-21)22-13-17(2)12-18(3)14-22;1-12-3-7-14(8-4-12)16(18)11-17(19)15-9-5-13(2)6-10-15;;/h8-13,15-16,19H,4-7H2,1-3H3;11-15,18H,3-10H2,1-2H3;1H4;/q-1;;;. The Morgan fingerprint density at radius 2 is 1.35 bits per heavy atom. The Labute approximate surface area is 293 Å². The third kappa shape index (κ3) is 10.1. The van der Waals surface area contributed by atoms with Crippen molar-refractivity contribution in [1.82, 2.24) is 4.98 Å². The fraction of sp³-hybridized carbons (Fsp3) is 0.571. The molecule has 3 aliphatic rings. The van der Waals surface area contributed by atoms with Crippen LogP contribution in [0.25, 0.3) is 22.0 Å². The number of ketones is 1. The second-order valence-electron chi connectivity index (χ2n) is 14.7. The van der Waals surface area contributed by atoms with E-state index in [4.69, 9.17) is 4.98 Å². The van der Waals surface area contributed by atoms with Crippen LogP contribution in [0, 0.1) is 49.5 Å². The van der Waals surface area contributed by atoms with Gasteiger partial charge < -0.3 is 10.1 Å². The number of hydrogen-bond acceptors (Lipinski definition) is 3. The van der Waals surface area contributed by atoms with Gasteiger partial charge in [-0.25, -0.2) is 0 Å². The van der Waals surface area contributed by atoms with Crippen molar-refractivity contribution in [3.05, 3.63) is 77.2 Å². The fourth-order valence-corrected chi connectivity index (χ4v) is 7.75. The second-order valence-corrected chi connectivity index (χ2v) is 14.7. The van der Waals surface area contributed by atoms with Gasteiger partial charge in [0.2, 0.25) is 0 Å². The molecule has 3 fully saturated rings. The number of allylic oxidation sites excluding steroid dienone is 2. The fourth-order valence-electron chi connectivity index (χ4n) is 7.75. The van der Waals surface area contributed by atoms with Crippen LogP contribution in [0.5, 0.6) is 0 Å². The minimum atomic E-state index is 0. The first-order valence-corrected chi connectivity index (χ1v) is 17.5. The largest absolute Gasteiger partial charge is 0.512 e. The Hall–Kier alpha value is -2.29. The molecule has 0 atom stereocenters. The molecule has 0 aliphatic heterocycles. The van der Waals surface area contributed by atoms with E-state index in [0.29, 0.717) is 11.7 Å². The van der Waals surface area contributed by atoms with Gasteiger partial charge in [0.1, 0.15) is 0 Å². The van der Waals surface area contributed by atoms with E-state index >= 15 is 0 Å². The topological polar surface area (TPSA) is 50.2 Å². The summed E-state index contributed by atoms with van der Waals surface area (Å²) in [4.78, 5) is 16.9. The first kappa shape index (κ1) is 38.2. The van der Waals surface area contributed by atoms with Crippen LogP contribution in [-0.4, -0.2) is 15.9 Å². The monoisotopic (exact) mass is 801 g/mol. The van der Waals surface area contributed by atoms with Crippen LogP contribution in [-0.2, 0) is 24.9 Å². The first-order valence-electron chi connectivity index (χ1n) is 17.5. The maximum Gasteiger partial charge on any atom is 0.162 e. The van der Waals surface area contributed by atoms with E-state index in [9.17, 15) is 9.90 Å². The van der Waals surface area contributed by atoms with E-state index in [2.05, 4.69) is 77.1 Å². The van der Waals surface area contributed by atoms with E-state index in [-0.39, 0.29) is 45.2 Å². The molecule has 3 aliphatic carbocycles. The van der Waals surface area contributed by atoms with Crippen molar-refractivity contribution < 1.29 is 30.0 Å². The van der Waals surface area contributed by atoms with Crippen molar-refractivity contribution in [3.8, 4) is 11.3 Å². The Morgan fingerprint density at radius 1 is 0.783 bits per heavy atom. The molecule has 0 amide bonds. The Balaban J connectivity index is 0.000000249. The summed E-state index contributed by atoms with van der Waals surface area (Å²) in [5, 5.41) is 12.7. The molecule has 3 nitrogen and oxygen atoms in total. The zero-order valence-corrected chi connectivity index (χ0v) is 30.6. The molecule has 1 N–H and O–H groups in total. The molecular formula is C42H58IrNO2-.